The van der Waals surface area contributed by atoms with Crippen LogP contribution >= 0.6 is 11.6 Å². The van der Waals surface area contributed by atoms with Crippen LogP contribution in [-0.2, 0) is 14.3 Å². The summed E-state index contributed by atoms with van der Waals surface area (Å²) in [6, 6.07) is 12.9. The minimum absolute atomic E-state index is 0.0142. The van der Waals surface area contributed by atoms with Crippen LogP contribution in [0.2, 0.25) is 5.02 Å². The van der Waals surface area contributed by atoms with E-state index in [9.17, 15) is 9.59 Å². The van der Waals surface area contributed by atoms with Gasteiger partial charge in [0, 0.05) is 35.4 Å². The van der Waals surface area contributed by atoms with Gasteiger partial charge in [-0.25, -0.2) is 4.79 Å². The van der Waals surface area contributed by atoms with Gasteiger partial charge in [0.05, 0.1) is 18.8 Å². The molecule has 0 saturated carbocycles. The van der Waals surface area contributed by atoms with E-state index in [-0.39, 0.29) is 25.0 Å². The van der Waals surface area contributed by atoms with E-state index in [0.29, 0.717) is 23.6 Å². The van der Waals surface area contributed by atoms with E-state index in [1.165, 1.54) is 0 Å². The SMILES string of the molecule is Cc1ccc(OCC(=O)O)c([C@H]2C[C@@](C)(NC(=O)CCO)C[C@@H](c3cccc(Cl)c3)O2)c1. The number of carbonyl (C=O) groups excluding carboxylic acids is 1. The fraction of sp³-hybridized carbons (Fsp3) is 0.417. The molecule has 0 bridgehead atoms. The number of aliphatic carboxylic acids is 1. The number of aliphatic hydroxyl groups excluding tert-OH is 1. The highest BCUT2D eigenvalue weighted by molar-refractivity contribution is 6.30. The van der Waals surface area contributed by atoms with Crippen LogP contribution in [-0.4, -0.2) is 40.8 Å². The van der Waals surface area contributed by atoms with Crippen molar-refractivity contribution in [2.24, 2.45) is 0 Å². The maximum Gasteiger partial charge on any atom is 0.341 e. The van der Waals surface area contributed by atoms with E-state index in [1.807, 2.05) is 44.2 Å². The Kier molecular flexibility index (Phi) is 7.77. The fourth-order valence-corrected chi connectivity index (χ4v) is 4.27. The van der Waals surface area contributed by atoms with Gasteiger partial charge in [0.25, 0.3) is 0 Å². The quantitative estimate of drug-likeness (QED) is 0.549. The second-order valence-corrected chi connectivity index (χ2v) is 8.82. The lowest BCUT2D eigenvalue weighted by Gasteiger charge is -2.43. The first-order chi connectivity index (χ1) is 15.2. The Morgan fingerprint density at radius 3 is 2.66 bits per heavy atom. The van der Waals surface area contributed by atoms with Gasteiger partial charge in [-0.05, 0) is 43.7 Å². The monoisotopic (exact) mass is 461 g/mol. The molecule has 0 aromatic heterocycles. The maximum absolute atomic E-state index is 12.3. The summed E-state index contributed by atoms with van der Waals surface area (Å²) in [7, 11) is 0. The Bertz CT molecular complexity index is 981. The van der Waals surface area contributed by atoms with Crippen LogP contribution in [0.15, 0.2) is 42.5 Å². The molecule has 0 aliphatic carbocycles. The summed E-state index contributed by atoms with van der Waals surface area (Å²) in [5.41, 5.74) is 1.95. The van der Waals surface area contributed by atoms with Gasteiger partial charge >= 0.3 is 5.97 Å². The summed E-state index contributed by atoms with van der Waals surface area (Å²) in [5.74, 6) is -0.884. The average Bonchev–Trinajstić information content (AvgIpc) is 2.72. The van der Waals surface area contributed by atoms with Gasteiger partial charge < -0.3 is 25.0 Å². The third-order valence-electron chi connectivity index (χ3n) is 5.46. The molecule has 172 valence electrons. The van der Waals surface area contributed by atoms with Gasteiger partial charge in [-0.3, -0.25) is 4.79 Å². The molecule has 8 heteroatoms. The smallest absolute Gasteiger partial charge is 0.341 e. The summed E-state index contributed by atoms with van der Waals surface area (Å²) >= 11 is 6.20. The molecule has 0 radical (unpaired) electrons. The molecule has 1 aliphatic rings. The number of amides is 1. The van der Waals surface area contributed by atoms with Gasteiger partial charge in [-0.1, -0.05) is 35.4 Å². The lowest BCUT2D eigenvalue weighted by molar-refractivity contribution is -0.139. The number of carbonyl (C=O) groups is 2. The molecular formula is C24H28ClNO6. The molecule has 3 atom stereocenters. The van der Waals surface area contributed by atoms with Crippen molar-refractivity contribution in [2.75, 3.05) is 13.2 Å². The Hall–Kier alpha value is -2.61. The van der Waals surface area contributed by atoms with E-state index in [4.69, 9.17) is 31.3 Å². The van der Waals surface area contributed by atoms with Crippen molar-refractivity contribution >= 4 is 23.5 Å². The zero-order valence-electron chi connectivity index (χ0n) is 18.1. The Labute approximate surface area is 192 Å². The van der Waals surface area contributed by atoms with Crippen LogP contribution in [0.3, 0.4) is 0 Å². The van der Waals surface area contributed by atoms with E-state index < -0.39 is 24.2 Å². The van der Waals surface area contributed by atoms with Gasteiger partial charge in [-0.2, -0.15) is 0 Å². The van der Waals surface area contributed by atoms with Crippen LogP contribution < -0.4 is 10.1 Å². The number of benzene rings is 2. The van der Waals surface area contributed by atoms with Crippen LogP contribution in [0, 0.1) is 6.92 Å². The number of carboxylic acids is 1. The topological polar surface area (TPSA) is 105 Å². The lowest BCUT2D eigenvalue weighted by Crippen LogP contribution is -2.51. The fourth-order valence-electron chi connectivity index (χ4n) is 4.08. The number of nitrogens with one attached hydrogen (secondary N) is 1. The molecule has 1 heterocycles. The van der Waals surface area contributed by atoms with Crippen LogP contribution in [0.5, 0.6) is 5.75 Å². The number of rotatable bonds is 8. The predicted octanol–water partition coefficient (Wildman–Crippen LogP) is 3.96. The second kappa shape index (κ2) is 10.3. The molecule has 2 aromatic carbocycles. The molecule has 7 nitrogen and oxygen atoms in total. The van der Waals surface area contributed by atoms with E-state index in [2.05, 4.69) is 5.32 Å². The van der Waals surface area contributed by atoms with Crippen LogP contribution in [0.4, 0.5) is 0 Å². The van der Waals surface area contributed by atoms with Crippen LogP contribution in [0.1, 0.15) is 55.1 Å². The maximum atomic E-state index is 12.3. The largest absolute Gasteiger partial charge is 0.482 e. The minimum Gasteiger partial charge on any atom is -0.482 e. The number of hydrogen-bond donors (Lipinski definition) is 3. The number of aryl methyl sites for hydroxylation is 1. The van der Waals surface area contributed by atoms with Crippen molar-refractivity contribution in [1.82, 2.24) is 5.32 Å². The van der Waals surface area contributed by atoms with Crippen molar-refractivity contribution in [2.45, 2.75) is 50.9 Å². The first-order valence-corrected chi connectivity index (χ1v) is 10.8. The zero-order chi connectivity index (χ0) is 23.3. The van der Waals surface area contributed by atoms with E-state index in [0.717, 1.165) is 16.7 Å². The first kappa shape index (κ1) is 24.0. The second-order valence-electron chi connectivity index (χ2n) is 8.38. The number of aliphatic hydroxyl groups is 1. The Morgan fingerprint density at radius 2 is 1.97 bits per heavy atom. The molecule has 32 heavy (non-hydrogen) atoms. The Balaban J connectivity index is 1.98. The summed E-state index contributed by atoms with van der Waals surface area (Å²) in [6.45, 7) is 3.18. The molecule has 1 aliphatic heterocycles. The highest BCUT2D eigenvalue weighted by atomic mass is 35.5. The van der Waals surface area contributed by atoms with Gasteiger partial charge in [0.1, 0.15) is 5.75 Å². The van der Waals surface area contributed by atoms with Crippen molar-refractivity contribution in [3.8, 4) is 5.75 Å². The average molecular weight is 462 g/mol. The zero-order valence-corrected chi connectivity index (χ0v) is 18.9. The number of halogens is 1. The predicted molar refractivity (Wildman–Crippen MR) is 120 cm³/mol. The molecule has 1 saturated heterocycles. The van der Waals surface area contributed by atoms with Crippen molar-refractivity contribution in [1.29, 1.82) is 0 Å². The number of carboxylic acid groups (broad SMARTS) is 1. The van der Waals surface area contributed by atoms with E-state index in [1.54, 1.807) is 12.1 Å². The molecule has 3 N–H and O–H groups in total. The third kappa shape index (κ3) is 6.22. The summed E-state index contributed by atoms with van der Waals surface area (Å²) in [4.78, 5) is 23.4. The Morgan fingerprint density at radius 1 is 1.22 bits per heavy atom. The molecule has 1 amide bonds. The molecule has 1 fully saturated rings. The summed E-state index contributed by atoms with van der Waals surface area (Å²) in [5, 5.41) is 21.8. The third-order valence-corrected chi connectivity index (χ3v) is 5.70. The highest BCUT2D eigenvalue weighted by Gasteiger charge is 2.41. The number of ether oxygens (including phenoxy) is 2. The van der Waals surface area contributed by atoms with Gasteiger partial charge in [-0.15, -0.1) is 0 Å². The molecule has 3 rings (SSSR count). The standard InChI is InChI=1S/C24H28ClNO6/c1-15-6-7-19(31-14-23(29)30)18(10-15)21-13-24(2,26-22(28)8-9-27)12-20(32-21)16-4-3-5-17(25)11-16/h3-7,10-11,20-21,27H,8-9,12-14H2,1-2H3,(H,26,28)(H,29,30)/t20-,21+,24-/m0/s1. The van der Waals surface area contributed by atoms with Crippen molar-refractivity contribution in [3.63, 3.8) is 0 Å². The van der Waals surface area contributed by atoms with Crippen molar-refractivity contribution in [3.05, 3.63) is 64.2 Å². The first-order valence-electron chi connectivity index (χ1n) is 10.5. The molecule has 0 unspecified atom stereocenters. The number of hydrogen-bond acceptors (Lipinski definition) is 5. The summed E-state index contributed by atoms with van der Waals surface area (Å²) in [6.07, 6.45) is 0.155. The minimum atomic E-state index is -1.07. The van der Waals surface area contributed by atoms with E-state index >= 15 is 0 Å². The van der Waals surface area contributed by atoms with Gasteiger partial charge in [0.2, 0.25) is 5.91 Å². The molecule has 2 aromatic rings. The lowest BCUT2D eigenvalue weighted by atomic mass is 9.81. The van der Waals surface area contributed by atoms with Crippen molar-refractivity contribution < 1.29 is 29.3 Å². The molecular weight excluding hydrogens is 434 g/mol. The van der Waals surface area contributed by atoms with Crippen LogP contribution in [0.25, 0.3) is 0 Å². The highest BCUT2D eigenvalue weighted by Crippen LogP contribution is 2.46. The summed E-state index contributed by atoms with van der Waals surface area (Å²) < 4.78 is 12.0. The molecule has 0 spiro atoms. The normalized spacial score (nSPS) is 22.9. The van der Waals surface area contributed by atoms with Gasteiger partial charge in [0.15, 0.2) is 6.61 Å².